The number of nitrogens with zero attached hydrogens (tertiary/aromatic N) is 6. The lowest BCUT2D eigenvalue weighted by molar-refractivity contribution is -0.139. The molecule has 25 heavy (non-hydrogen) atoms. The van der Waals surface area contributed by atoms with Crippen molar-refractivity contribution in [3.05, 3.63) is 0 Å². The van der Waals surface area contributed by atoms with Crippen LogP contribution in [-0.4, -0.2) is 89.1 Å². The van der Waals surface area contributed by atoms with Crippen LogP contribution in [-0.2, 0) is 11.3 Å². The normalized spacial score (nSPS) is 25.9. The Morgan fingerprint density at radius 1 is 1.52 bits per heavy atom. The van der Waals surface area contributed by atoms with Crippen LogP contribution in [0.2, 0.25) is 0 Å². The summed E-state index contributed by atoms with van der Waals surface area (Å²) in [5.41, 5.74) is 5.79. The van der Waals surface area contributed by atoms with E-state index < -0.39 is 22.0 Å². The monoisotopic (exact) mass is 387 g/mol. The van der Waals surface area contributed by atoms with Gasteiger partial charge in [0.15, 0.2) is 0 Å². The number of carbonyl (C=O) groups excluding carboxylic acids is 1. The highest BCUT2D eigenvalue weighted by Crippen LogP contribution is 2.42. The van der Waals surface area contributed by atoms with Crippen LogP contribution in [0.25, 0.3) is 0 Å². The summed E-state index contributed by atoms with van der Waals surface area (Å²) < 4.78 is 3.15. The highest BCUT2D eigenvalue weighted by molar-refractivity contribution is 8.27. The molecule has 1 saturated heterocycles. The van der Waals surface area contributed by atoms with Crippen LogP contribution < -0.4 is 5.73 Å². The molecule has 2 aliphatic rings. The van der Waals surface area contributed by atoms with Gasteiger partial charge in [0.05, 0.1) is 12.6 Å². The average molecular weight is 387 g/mol. The first-order chi connectivity index (χ1) is 11.9. The molecule has 3 N–H and O–H groups in total. The Kier molecular flexibility index (Phi) is 5.41. The van der Waals surface area contributed by atoms with Gasteiger partial charge in [0.1, 0.15) is 6.04 Å². The van der Waals surface area contributed by atoms with Gasteiger partial charge in [-0.2, -0.15) is 0 Å². The fourth-order valence-electron chi connectivity index (χ4n) is 2.82. The number of hydrogen-bond donors (Lipinski definition) is 2. The number of hydrogen-bond acceptors (Lipinski definition) is 8. The van der Waals surface area contributed by atoms with Crippen LogP contribution >= 0.6 is 22.4 Å². The number of thioether (sulfide) groups is 1. The van der Waals surface area contributed by atoms with Crippen LogP contribution in [0.5, 0.6) is 0 Å². The maximum Gasteiger partial charge on any atom is 0.378 e. The van der Waals surface area contributed by atoms with E-state index in [-0.39, 0.29) is 11.9 Å². The number of aromatic nitrogens is 4. The van der Waals surface area contributed by atoms with Crippen molar-refractivity contribution in [2.75, 3.05) is 26.4 Å². The fraction of sp³-hybridized carbons (Fsp3) is 0.692. The molecule has 1 aromatic heterocycles. The molecule has 0 spiro atoms. The third-order valence-electron chi connectivity index (χ3n) is 4.19. The zero-order valence-electron chi connectivity index (χ0n) is 14.0. The van der Waals surface area contributed by atoms with Crippen LogP contribution in [0.3, 0.4) is 0 Å². The second-order valence-electron chi connectivity index (χ2n) is 6.16. The minimum Gasteiger partial charge on any atom is -0.472 e. The summed E-state index contributed by atoms with van der Waals surface area (Å²) in [5, 5.41) is 20.9. The second kappa shape index (κ2) is 7.40. The van der Waals surface area contributed by atoms with E-state index in [1.54, 1.807) is 4.68 Å². The summed E-state index contributed by atoms with van der Waals surface area (Å²) in [4.78, 5) is 26.5. The van der Waals surface area contributed by atoms with Crippen molar-refractivity contribution in [2.45, 2.75) is 36.6 Å². The highest BCUT2D eigenvalue weighted by atomic mass is 32.2. The Labute approximate surface area is 151 Å². The first-order valence-electron chi connectivity index (χ1n) is 7.84. The van der Waals surface area contributed by atoms with E-state index in [9.17, 15) is 14.7 Å². The van der Waals surface area contributed by atoms with Crippen LogP contribution in [0, 0.1) is 0 Å². The smallest absolute Gasteiger partial charge is 0.378 e. The number of amides is 1. The van der Waals surface area contributed by atoms with Crippen LogP contribution in [0.4, 0.5) is 4.79 Å². The number of carboxylic acid groups (broad SMARTS) is 1. The van der Waals surface area contributed by atoms with E-state index in [2.05, 4.69) is 15.5 Å². The number of tetrazole rings is 1. The van der Waals surface area contributed by atoms with Gasteiger partial charge < -0.3 is 15.7 Å². The molecular weight excluding hydrogens is 366 g/mol. The van der Waals surface area contributed by atoms with Crippen molar-refractivity contribution in [3.63, 3.8) is 0 Å². The third-order valence-corrected chi connectivity index (χ3v) is 7.49. The van der Waals surface area contributed by atoms with E-state index in [4.69, 9.17) is 5.73 Å². The Morgan fingerprint density at radius 3 is 2.96 bits per heavy atom. The number of nitrogens with two attached hydrogens (primary N) is 1. The Balaban J connectivity index is 1.73. The molecule has 3 rings (SSSR count). The van der Waals surface area contributed by atoms with E-state index in [0.717, 1.165) is 11.4 Å². The quantitative estimate of drug-likeness (QED) is 0.383. The maximum atomic E-state index is 12.0. The molecule has 0 bridgehead atoms. The standard InChI is InChI=1S/C13H21N7O3S2/c1-18(2)5-6-19-12(15-16-17-19)24-7-8-3-4-9-10(14)11(21)20(9)25(8)13(22)23/h9-10H,3-7,14H2,1-2H3,(H,22,23). The zero-order chi connectivity index (χ0) is 18.1. The lowest BCUT2D eigenvalue weighted by Crippen LogP contribution is -2.68. The van der Waals surface area contributed by atoms with Crippen LogP contribution in [0.15, 0.2) is 5.16 Å². The largest absolute Gasteiger partial charge is 0.472 e. The summed E-state index contributed by atoms with van der Waals surface area (Å²) >= 11 is 1.41. The molecule has 0 saturated carbocycles. The van der Waals surface area contributed by atoms with Crippen molar-refractivity contribution in [2.24, 2.45) is 5.73 Å². The van der Waals surface area contributed by atoms with Gasteiger partial charge in [-0.1, -0.05) is 11.8 Å². The van der Waals surface area contributed by atoms with Crippen molar-refractivity contribution < 1.29 is 14.7 Å². The van der Waals surface area contributed by atoms with Crippen molar-refractivity contribution in [3.8, 4) is 0 Å². The summed E-state index contributed by atoms with van der Waals surface area (Å²) in [6, 6.07) is -0.701. The van der Waals surface area contributed by atoms with Crippen LogP contribution in [0.1, 0.15) is 12.8 Å². The fourth-order valence-corrected chi connectivity index (χ4v) is 6.06. The molecule has 2 aliphatic heterocycles. The molecule has 138 valence electrons. The molecule has 0 radical (unpaired) electrons. The Hall–Kier alpha value is -1.50. The highest BCUT2D eigenvalue weighted by Gasteiger charge is 2.50. The van der Waals surface area contributed by atoms with Gasteiger partial charge in [-0.15, -0.1) is 5.10 Å². The lowest BCUT2D eigenvalue weighted by Gasteiger charge is -2.48. The first-order valence-corrected chi connectivity index (χ1v) is 10.0. The third kappa shape index (κ3) is 3.57. The van der Waals surface area contributed by atoms with Gasteiger partial charge in [-0.05, 0) is 42.2 Å². The number of fused-ring (bicyclic) bond motifs is 1. The number of β-lactam (4-membered cyclic amide) rings is 1. The first kappa shape index (κ1) is 18.3. The molecule has 1 aromatic rings. The zero-order valence-corrected chi connectivity index (χ0v) is 15.7. The summed E-state index contributed by atoms with van der Waals surface area (Å²) in [5.74, 6) is 0.206. The molecular formula is C13H21N7O3S2. The Morgan fingerprint density at radius 2 is 2.28 bits per heavy atom. The van der Waals surface area contributed by atoms with E-state index in [1.165, 1.54) is 16.1 Å². The predicted octanol–water partition coefficient (Wildman–Crippen LogP) is -0.307. The number of likely N-dealkylation sites (N-methyl/N-ethyl adjacent to an activating group) is 1. The Bertz CT molecular complexity index is 720. The van der Waals surface area contributed by atoms with Gasteiger partial charge in [0, 0.05) is 23.0 Å². The summed E-state index contributed by atoms with van der Waals surface area (Å²) in [6.45, 7) is 1.46. The molecule has 3 unspecified atom stereocenters. The summed E-state index contributed by atoms with van der Waals surface area (Å²) in [7, 11) is 2.72. The molecule has 3 atom stereocenters. The average Bonchev–Trinajstić information content (AvgIpc) is 3.03. The minimum absolute atomic E-state index is 0.147. The van der Waals surface area contributed by atoms with Crippen molar-refractivity contribution in [1.29, 1.82) is 0 Å². The lowest BCUT2D eigenvalue weighted by atomic mass is 9.94. The van der Waals surface area contributed by atoms with Gasteiger partial charge in [0.2, 0.25) is 5.16 Å². The maximum absolute atomic E-state index is 12.0. The SMILES string of the molecule is CN(C)CCn1nnnc1SCC1=S(C(=O)O)N2C(=O)C(N)C2CC1. The number of carbonyl (C=O) groups is 2. The van der Waals surface area contributed by atoms with E-state index in [0.29, 0.717) is 30.3 Å². The molecule has 12 heteroatoms. The van der Waals surface area contributed by atoms with Crippen molar-refractivity contribution >= 4 is 38.5 Å². The van der Waals surface area contributed by atoms with Gasteiger partial charge in [-0.3, -0.25) is 9.10 Å². The van der Waals surface area contributed by atoms with E-state index in [1.807, 2.05) is 19.0 Å². The van der Waals surface area contributed by atoms with Crippen molar-refractivity contribution in [1.82, 2.24) is 29.4 Å². The van der Waals surface area contributed by atoms with Gasteiger partial charge >= 0.3 is 5.30 Å². The molecule has 3 heterocycles. The van der Waals surface area contributed by atoms with Gasteiger partial charge in [-0.25, -0.2) is 9.48 Å². The molecule has 10 nitrogen and oxygen atoms in total. The molecule has 0 aliphatic carbocycles. The molecule has 0 aromatic carbocycles. The summed E-state index contributed by atoms with van der Waals surface area (Å²) in [6.07, 6.45) is 1.37. The molecule has 1 fully saturated rings. The molecule has 1 amide bonds. The topological polar surface area (TPSA) is 130 Å². The minimum atomic E-state index is -1.22. The van der Waals surface area contributed by atoms with Gasteiger partial charge in [0.25, 0.3) is 5.91 Å². The van der Waals surface area contributed by atoms with E-state index >= 15 is 0 Å². The number of rotatable bonds is 6. The predicted molar refractivity (Wildman–Crippen MR) is 95.6 cm³/mol. The second-order valence-corrected chi connectivity index (χ2v) is 8.99.